The van der Waals surface area contributed by atoms with Crippen molar-refractivity contribution in [2.75, 3.05) is 6.54 Å². The summed E-state index contributed by atoms with van der Waals surface area (Å²) in [5.74, 6) is 0. The summed E-state index contributed by atoms with van der Waals surface area (Å²) in [7, 11) is 0. The first kappa shape index (κ1) is 11.4. The van der Waals surface area contributed by atoms with E-state index < -0.39 is 0 Å². The Bertz CT molecular complexity index is 158. The summed E-state index contributed by atoms with van der Waals surface area (Å²) in [6.07, 6.45) is 17.7. The zero-order chi connectivity index (χ0) is 10.4. The Labute approximate surface area is 95.0 Å². The fourth-order valence-electron chi connectivity index (χ4n) is 3.19. The van der Waals surface area contributed by atoms with Crippen molar-refractivity contribution < 1.29 is 0 Å². The summed E-state index contributed by atoms with van der Waals surface area (Å²) in [6, 6.07) is 0. The maximum atomic E-state index is 3.71. The fourth-order valence-corrected chi connectivity index (χ4v) is 3.19. The van der Waals surface area contributed by atoms with E-state index in [0.29, 0.717) is 5.54 Å². The molecule has 1 heterocycles. The molecule has 88 valence electrons. The van der Waals surface area contributed by atoms with Gasteiger partial charge in [-0.2, -0.15) is 0 Å². The molecule has 0 atom stereocenters. The van der Waals surface area contributed by atoms with E-state index in [1.807, 2.05) is 0 Å². The minimum Gasteiger partial charge on any atom is -0.311 e. The molecule has 0 amide bonds. The SMILES string of the molecule is C1CCCCCC2(CCCCC1)CCN2. The lowest BCUT2D eigenvalue weighted by Gasteiger charge is -2.44. The van der Waals surface area contributed by atoms with E-state index in [0.717, 1.165) is 0 Å². The van der Waals surface area contributed by atoms with Gasteiger partial charge >= 0.3 is 0 Å². The van der Waals surface area contributed by atoms with Gasteiger partial charge in [0.1, 0.15) is 0 Å². The topological polar surface area (TPSA) is 12.0 Å². The molecule has 2 aliphatic rings. The van der Waals surface area contributed by atoms with Gasteiger partial charge in [0, 0.05) is 5.54 Å². The Morgan fingerprint density at radius 3 is 1.27 bits per heavy atom. The highest BCUT2D eigenvalue weighted by Crippen LogP contribution is 2.32. The van der Waals surface area contributed by atoms with Gasteiger partial charge in [0.15, 0.2) is 0 Å². The normalized spacial score (nSPS) is 28.8. The Kier molecular flexibility index (Phi) is 4.49. The van der Waals surface area contributed by atoms with Gasteiger partial charge in [-0.1, -0.05) is 57.8 Å². The minimum atomic E-state index is 0.596. The molecular weight excluding hydrogens is 182 g/mol. The molecule has 0 aromatic heterocycles. The summed E-state index contributed by atoms with van der Waals surface area (Å²) >= 11 is 0. The fraction of sp³-hybridized carbons (Fsp3) is 1.00. The second kappa shape index (κ2) is 5.89. The van der Waals surface area contributed by atoms with E-state index in [2.05, 4.69) is 5.32 Å². The first-order valence-corrected chi connectivity index (χ1v) is 7.16. The standard InChI is InChI=1S/C14H27N/c1-2-4-6-8-10-14(12-13-15-14)11-9-7-5-3-1/h15H,1-13H2. The van der Waals surface area contributed by atoms with E-state index >= 15 is 0 Å². The van der Waals surface area contributed by atoms with Gasteiger partial charge < -0.3 is 5.32 Å². The number of nitrogens with one attached hydrogen (secondary N) is 1. The van der Waals surface area contributed by atoms with Gasteiger partial charge in [0.25, 0.3) is 0 Å². The third kappa shape index (κ3) is 3.48. The van der Waals surface area contributed by atoms with Gasteiger partial charge in [0.2, 0.25) is 0 Å². The Balaban J connectivity index is 1.75. The highest BCUT2D eigenvalue weighted by molar-refractivity contribution is 4.96. The van der Waals surface area contributed by atoms with Crippen molar-refractivity contribution in [2.24, 2.45) is 0 Å². The van der Waals surface area contributed by atoms with Crippen LogP contribution in [0.3, 0.4) is 0 Å². The molecular formula is C14H27N. The zero-order valence-electron chi connectivity index (χ0n) is 10.2. The largest absolute Gasteiger partial charge is 0.311 e. The maximum absolute atomic E-state index is 3.71. The van der Waals surface area contributed by atoms with Crippen LogP contribution in [0.2, 0.25) is 0 Å². The molecule has 15 heavy (non-hydrogen) atoms. The van der Waals surface area contributed by atoms with Crippen LogP contribution in [0, 0.1) is 0 Å². The van der Waals surface area contributed by atoms with Gasteiger partial charge in [-0.3, -0.25) is 0 Å². The Hall–Kier alpha value is -0.0400. The molecule has 1 saturated heterocycles. The second-order valence-electron chi connectivity index (χ2n) is 5.64. The summed E-state index contributed by atoms with van der Waals surface area (Å²) in [5.41, 5.74) is 0.596. The van der Waals surface area contributed by atoms with Crippen molar-refractivity contribution in [3.63, 3.8) is 0 Å². The van der Waals surface area contributed by atoms with Gasteiger partial charge in [-0.05, 0) is 25.8 Å². The molecule has 1 nitrogen and oxygen atoms in total. The highest BCUT2D eigenvalue weighted by Gasteiger charge is 2.34. The van der Waals surface area contributed by atoms with Crippen LogP contribution in [0.15, 0.2) is 0 Å². The van der Waals surface area contributed by atoms with Crippen molar-refractivity contribution in [3.8, 4) is 0 Å². The third-order valence-electron chi connectivity index (χ3n) is 4.41. The van der Waals surface area contributed by atoms with E-state index in [4.69, 9.17) is 0 Å². The van der Waals surface area contributed by atoms with Crippen molar-refractivity contribution in [1.82, 2.24) is 5.32 Å². The van der Waals surface area contributed by atoms with Crippen LogP contribution in [0.5, 0.6) is 0 Å². The Morgan fingerprint density at radius 1 is 0.533 bits per heavy atom. The first-order chi connectivity index (χ1) is 7.41. The molecule has 1 aliphatic carbocycles. The van der Waals surface area contributed by atoms with Gasteiger partial charge in [0.05, 0.1) is 0 Å². The lowest BCUT2D eigenvalue weighted by Crippen LogP contribution is -2.56. The number of rotatable bonds is 0. The summed E-state index contributed by atoms with van der Waals surface area (Å²) in [5, 5.41) is 3.71. The third-order valence-corrected chi connectivity index (χ3v) is 4.41. The summed E-state index contributed by atoms with van der Waals surface area (Å²) < 4.78 is 0. The van der Waals surface area contributed by atoms with Crippen LogP contribution in [-0.2, 0) is 0 Å². The smallest absolute Gasteiger partial charge is 0.0193 e. The van der Waals surface area contributed by atoms with E-state index in [9.17, 15) is 0 Å². The second-order valence-corrected chi connectivity index (χ2v) is 5.64. The molecule has 0 unspecified atom stereocenters. The van der Waals surface area contributed by atoms with Crippen LogP contribution < -0.4 is 5.32 Å². The quantitative estimate of drug-likeness (QED) is 0.635. The van der Waals surface area contributed by atoms with Crippen molar-refractivity contribution >= 4 is 0 Å². The molecule has 0 radical (unpaired) electrons. The van der Waals surface area contributed by atoms with Crippen LogP contribution >= 0.6 is 0 Å². The molecule has 1 saturated carbocycles. The first-order valence-electron chi connectivity index (χ1n) is 7.16. The summed E-state index contributed by atoms with van der Waals surface area (Å²) in [6.45, 7) is 1.28. The molecule has 1 N–H and O–H groups in total. The van der Waals surface area contributed by atoms with Crippen LogP contribution in [0.25, 0.3) is 0 Å². The van der Waals surface area contributed by atoms with Gasteiger partial charge in [-0.25, -0.2) is 0 Å². The lowest BCUT2D eigenvalue weighted by atomic mass is 9.78. The maximum Gasteiger partial charge on any atom is 0.0193 e. The van der Waals surface area contributed by atoms with Crippen molar-refractivity contribution in [3.05, 3.63) is 0 Å². The molecule has 1 aliphatic heterocycles. The molecule has 1 heteroatoms. The highest BCUT2D eigenvalue weighted by atomic mass is 15.0. The summed E-state index contributed by atoms with van der Waals surface area (Å²) in [4.78, 5) is 0. The lowest BCUT2D eigenvalue weighted by molar-refractivity contribution is 0.165. The average molecular weight is 209 g/mol. The molecule has 0 bridgehead atoms. The predicted molar refractivity (Wildman–Crippen MR) is 66.1 cm³/mol. The van der Waals surface area contributed by atoms with Crippen LogP contribution in [0.1, 0.15) is 77.0 Å². The minimum absolute atomic E-state index is 0.596. The monoisotopic (exact) mass is 209 g/mol. The van der Waals surface area contributed by atoms with Crippen molar-refractivity contribution in [2.45, 2.75) is 82.6 Å². The Morgan fingerprint density at radius 2 is 0.933 bits per heavy atom. The molecule has 2 rings (SSSR count). The molecule has 0 aromatic rings. The molecule has 2 fully saturated rings. The zero-order valence-corrected chi connectivity index (χ0v) is 10.2. The van der Waals surface area contributed by atoms with Crippen LogP contribution in [-0.4, -0.2) is 12.1 Å². The van der Waals surface area contributed by atoms with E-state index in [-0.39, 0.29) is 0 Å². The molecule has 1 spiro atoms. The number of hydrogen-bond acceptors (Lipinski definition) is 1. The molecule has 0 aromatic carbocycles. The number of hydrogen-bond donors (Lipinski definition) is 1. The van der Waals surface area contributed by atoms with Crippen molar-refractivity contribution in [1.29, 1.82) is 0 Å². The average Bonchev–Trinajstić information content (AvgIpc) is 2.16. The predicted octanol–water partition coefficient (Wildman–Crippen LogP) is 4.02. The van der Waals surface area contributed by atoms with Gasteiger partial charge in [-0.15, -0.1) is 0 Å². The van der Waals surface area contributed by atoms with Crippen LogP contribution in [0.4, 0.5) is 0 Å². The van der Waals surface area contributed by atoms with E-state index in [1.165, 1.54) is 83.6 Å². The van der Waals surface area contributed by atoms with E-state index in [1.54, 1.807) is 0 Å².